The summed E-state index contributed by atoms with van der Waals surface area (Å²) in [5, 5.41) is 0. The summed E-state index contributed by atoms with van der Waals surface area (Å²) >= 11 is 1.58. The van der Waals surface area contributed by atoms with Crippen molar-refractivity contribution in [2.75, 3.05) is 17.6 Å². The fourth-order valence-corrected chi connectivity index (χ4v) is 2.36. The van der Waals surface area contributed by atoms with Gasteiger partial charge in [-0.05, 0) is 30.8 Å². The minimum atomic E-state index is -0.236. The van der Waals surface area contributed by atoms with Crippen molar-refractivity contribution < 1.29 is 4.39 Å². The molecule has 0 atom stereocenters. The van der Waals surface area contributed by atoms with Crippen LogP contribution in [0.2, 0.25) is 0 Å². The Morgan fingerprint density at radius 1 is 1.38 bits per heavy atom. The zero-order valence-electron chi connectivity index (χ0n) is 14.8. The van der Waals surface area contributed by atoms with E-state index < -0.39 is 0 Å². The number of aromatic nitrogens is 1. The Bertz CT molecular complexity index is 578. The highest BCUT2D eigenvalue weighted by molar-refractivity contribution is 7.99. The molecule has 24 heavy (non-hydrogen) atoms. The minimum Gasteiger partial charge on any atom is -0.310 e. The maximum Gasteiger partial charge on any atom is 0.130 e. The molecule has 0 aliphatic carbocycles. The highest BCUT2D eigenvalue weighted by Gasteiger charge is 2.08. The number of hydrogen-bond donors (Lipinski definition) is 2. The fourth-order valence-electron chi connectivity index (χ4n) is 1.76. The van der Waals surface area contributed by atoms with Crippen molar-refractivity contribution in [1.82, 2.24) is 10.4 Å². The van der Waals surface area contributed by atoms with Crippen LogP contribution in [0.5, 0.6) is 0 Å². The fraction of sp³-hybridized carbons (Fsp3) is 0.278. The molecular formula is C18H27FN4S. The highest BCUT2D eigenvalue weighted by Crippen LogP contribution is 2.23. The van der Waals surface area contributed by atoms with Crippen molar-refractivity contribution in [3.63, 3.8) is 0 Å². The summed E-state index contributed by atoms with van der Waals surface area (Å²) in [5.41, 5.74) is 4.70. The first kappa shape index (κ1) is 22.1. The average Bonchev–Trinajstić information content (AvgIpc) is 2.63. The molecule has 132 valence electrons. The lowest BCUT2D eigenvalue weighted by molar-refractivity contribution is 0.623. The molecule has 0 bridgehead atoms. The molecule has 1 aromatic heterocycles. The van der Waals surface area contributed by atoms with Crippen LogP contribution in [0.3, 0.4) is 0 Å². The lowest BCUT2D eigenvalue weighted by atomic mass is 10.1. The molecule has 6 heteroatoms. The van der Waals surface area contributed by atoms with Crippen molar-refractivity contribution in [3.05, 3.63) is 66.2 Å². The number of nitrogens with zero attached hydrogens (tertiary/aromatic N) is 2. The molecule has 2 rings (SSSR count). The van der Waals surface area contributed by atoms with Crippen molar-refractivity contribution >= 4 is 23.7 Å². The largest absolute Gasteiger partial charge is 0.310 e. The van der Waals surface area contributed by atoms with E-state index in [2.05, 4.69) is 27.1 Å². The third kappa shape index (κ3) is 7.59. The number of halogens is 1. The molecule has 4 nitrogen and oxygen atoms in total. The Balaban J connectivity index is 0.000000952. The Morgan fingerprint density at radius 3 is 2.50 bits per heavy atom. The molecule has 0 spiro atoms. The van der Waals surface area contributed by atoms with Crippen LogP contribution in [0, 0.1) is 5.82 Å². The van der Waals surface area contributed by atoms with Gasteiger partial charge < -0.3 is 4.31 Å². The maximum absolute atomic E-state index is 13.7. The van der Waals surface area contributed by atoms with Gasteiger partial charge in [-0.25, -0.2) is 4.39 Å². The van der Waals surface area contributed by atoms with E-state index in [1.807, 2.05) is 38.3 Å². The summed E-state index contributed by atoms with van der Waals surface area (Å²) < 4.78 is 15.8. The van der Waals surface area contributed by atoms with Crippen molar-refractivity contribution in [2.45, 2.75) is 20.4 Å². The Labute approximate surface area is 149 Å². The molecule has 2 aromatic rings. The second-order valence-electron chi connectivity index (χ2n) is 4.28. The number of hydrogen-bond acceptors (Lipinski definition) is 5. The van der Waals surface area contributed by atoms with E-state index >= 15 is 0 Å². The first-order valence-corrected chi connectivity index (χ1v) is 8.84. The van der Waals surface area contributed by atoms with E-state index in [1.54, 1.807) is 43.5 Å². The number of hydrazine groups is 1. The van der Waals surface area contributed by atoms with Crippen molar-refractivity contribution in [2.24, 2.45) is 5.84 Å². The van der Waals surface area contributed by atoms with Gasteiger partial charge in [0.2, 0.25) is 0 Å². The second-order valence-corrected chi connectivity index (χ2v) is 5.08. The van der Waals surface area contributed by atoms with Gasteiger partial charge in [0.1, 0.15) is 5.82 Å². The molecular weight excluding hydrogens is 323 g/mol. The monoisotopic (exact) mass is 350 g/mol. The Kier molecular flexibility index (Phi) is 12.5. The number of rotatable bonds is 5. The highest BCUT2D eigenvalue weighted by atomic mass is 32.2. The zero-order valence-corrected chi connectivity index (χ0v) is 15.6. The maximum atomic E-state index is 13.7. The van der Waals surface area contributed by atoms with Crippen LogP contribution in [0.1, 0.15) is 25.0 Å². The summed E-state index contributed by atoms with van der Waals surface area (Å²) in [6.45, 7) is 8.21. The van der Waals surface area contributed by atoms with Crippen LogP contribution in [-0.4, -0.2) is 18.3 Å². The second kappa shape index (κ2) is 13.5. The molecule has 0 saturated carbocycles. The summed E-state index contributed by atoms with van der Waals surface area (Å²) in [7, 11) is 1.65. The van der Waals surface area contributed by atoms with Gasteiger partial charge in [0.05, 0.1) is 18.4 Å². The quantitative estimate of drug-likeness (QED) is 0.479. The van der Waals surface area contributed by atoms with Crippen molar-refractivity contribution in [1.29, 1.82) is 0 Å². The zero-order chi connectivity index (χ0) is 18.4. The number of benzene rings is 1. The predicted octanol–water partition coefficient (Wildman–Crippen LogP) is 4.25. The third-order valence-corrected chi connectivity index (χ3v) is 3.55. The van der Waals surface area contributed by atoms with Gasteiger partial charge in [0.25, 0.3) is 0 Å². The van der Waals surface area contributed by atoms with E-state index in [1.165, 1.54) is 6.08 Å². The molecule has 0 fully saturated rings. The normalized spacial score (nSPS) is 9.08. The Morgan fingerprint density at radius 2 is 2.04 bits per heavy atom. The lowest BCUT2D eigenvalue weighted by Crippen LogP contribution is -2.13. The van der Waals surface area contributed by atoms with Crippen LogP contribution in [0.15, 0.2) is 49.3 Å². The molecule has 0 aliphatic rings. The van der Waals surface area contributed by atoms with Gasteiger partial charge >= 0.3 is 0 Å². The molecule has 0 unspecified atom stereocenters. The van der Waals surface area contributed by atoms with Gasteiger partial charge in [-0.1, -0.05) is 50.6 Å². The van der Waals surface area contributed by atoms with Gasteiger partial charge in [0.15, 0.2) is 0 Å². The SMILES string of the molecule is C=Cc1ccc(CN(SC)c2cccnc2)cc1F.CC.CNN. The molecule has 0 aliphatic heterocycles. The van der Waals surface area contributed by atoms with Crippen LogP contribution < -0.4 is 15.6 Å². The van der Waals surface area contributed by atoms with Crippen LogP contribution >= 0.6 is 11.9 Å². The predicted molar refractivity (Wildman–Crippen MR) is 105 cm³/mol. The first-order chi connectivity index (χ1) is 11.7. The minimum absolute atomic E-state index is 0.236. The molecule has 0 amide bonds. The van der Waals surface area contributed by atoms with E-state index in [9.17, 15) is 4.39 Å². The first-order valence-electron chi connectivity index (χ1n) is 7.66. The van der Waals surface area contributed by atoms with Crippen molar-refractivity contribution in [3.8, 4) is 0 Å². The van der Waals surface area contributed by atoms with Gasteiger partial charge in [-0.3, -0.25) is 16.3 Å². The molecule has 0 saturated heterocycles. The molecule has 1 heterocycles. The summed E-state index contributed by atoms with van der Waals surface area (Å²) in [6.07, 6.45) is 7.04. The van der Waals surface area contributed by atoms with E-state index in [0.29, 0.717) is 12.1 Å². The topological polar surface area (TPSA) is 54.2 Å². The third-order valence-electron chi connectivity index (χ3n) is 2.77. The smallest absolute Gasteiger partial charge is 0.130 e. The Hall–Kier alpha value is -1.89. The molecule has 3 N–H and O–H groups in total. The summed E-state index contributed by atoms with van der Waals surface area (Å²) in [5.74, 6) is 4.36. The standard InChI is InChI=1S/C15H15FN2S.C2H6.CH6N2/c1-3-13-7-6-12(9-15(13)16)11-18(19-2)14-5-4-8-17-10-14;1-2;1-3-2/h3-10H,1,11H2,2H3;1-2H3;3H,2H2,1H3. The van der Waals surface area contributed by atoms with E-state index in [4.69, 9.17) is 0 Å². The van der Waals surface area contributed by atoms with Crippen LogP contribution in [0.25, 0.3) is 6.08 Å². The van der Waals surface area contributed by atoms with Crippen LogP contribution in [0.4, 0.5) is 10.1 Å². The molecule has 1 aromatic carbocycles. The number of pyridine rings is 1. The lowest BCUT2D eigenvalue weighted by Gasteiger charge is -2.21. The van der Waals surface area contributed by atoms with Gasteiger partial charge in [0, 0.05) is 18.0 Å². The van der Waals surface area contributed by atoms with E-state index in [0.717, 1.165) is 11.3 Å². The number of nitrogens with two attached hydrogens (primary N) is 1. The summed E-state index contributed by atoms with van der Waals surface area (Å²) in [4.78, 5) is 4.10. The summed E-state index contributed by atoms with van der Waals surface area (Å²) in [6, 6.07) is 9.09. The van der Waals surface area contributed by atoms with Crippen LogP contribution in [-0.2, 0) is 6.54 Å². The van der Waals surface area contributed by atoms with Gasteiger partial charge in [-0.15, -0.1) is 0 Å². The number of anilines is 1. The van der Waals surface area contributed by atoms with Gasteiger partial charge in [-0.2, -0.15) is 0 Å². The molecule has 0 radical (unpaired) electrons. The number of nitrogens with one attached hydrogen (secondary N) is 1. The van der Waals surface area contributed by atoms with E-state index in [-0.39, 0.29) is 5.82 Å². The average molecular weight is 351 g/mol.